The molecule has 1 aromatic rings. The highest BCUT2D eigenvalue weighted by Crippen LogP contribution is 2.25. The zero-order valence-corrected chi connectivity index (χ0v) is 13.1. The average molecular weight is 294 g/mol. The van der Waals surface area contributed by atoms with Crippen LogP contribution in [0, 0.1) is 5.92 Å². The van der Waals surface area contributed by atoms with Gasteiger partial charge in [0.15, 0.2) is 0 Å². The number of aliphatic hydroxyl groups excluding tert-OH is 1. The molecule has 2 rings (SSSR count). The van der Waals surface area contributed by atoms with Gasteiger partial charge in [0, 0.05) is 38.5 Å². The number of aromatic hydroxyl groups is 1. The quantitative estimate of drug-likeness (QED) is 0.800. The van der Waals surface area contributed by atoms with Crippen molar-refractivity contribution >= 4 is 11.6 Å². The van der Waals surface area contributed by atoms with E-state index in [9.17, 15) is 15.0 Å². The minimum atomic E-state index is -0.168. The maximum atomic E-state index is 12.3. The molecule has 0 saturated carbocycles. The molecular weight excluding hydrogens is 268 g/mol. The SMILES string of the molecule is CC.CNc1ccc(C(=O)N2CCCC(CO)C2)c(O)c1. The molecule has 118 valence electrons. The molecule has 5 nitrogen and oxygen atoms in total. The minimum Gasteiger partial charge on any atom is -0.507 e. The summed E-state index contributed by atoms with van der Waals surface area (Å²) in [6.07, 6.45) is 1.84. The maximum Gasteiger partial charge on any atom is 0.257 e. The van der Waals surface area contributed by atoms with E-state index in [1.807, 2.05) is 13.8 Å². The van der Waals surface area contributed by atoms with E-state index < -0.39 is 0 Å². The third-order valence-corrected chi connectivity index (χ3v) is 3.58. The predicted octanol–water partition coefficient (Wildman–Crippen LogP) is 2.30. The lowest BCUT2D eigenvalue weighted by Crippen LogP contribution is -2.40. The number of hydrogen-bond acceptors (Lipinski definition) is 4. The highest BCUT2D eigenvalue weighted by Gasteiger charge is 2.25. The number of phenolic OH excluding ortho intramolecular Hbond substituents is 1. The smallest absolute Gasteiger partial charge is 0.257 e. The summed E-state index contributed by atoms with van der Waals surface area (Å²) in [6, 6.07) is 4.94. The molecule has 0 aliphatic carbocycles. The summed E-state index contributed by atoms with van der Waals surface area (Å²) in [5, 5.41) is 22.0. The van der Waals surface area contributed by atoms with Crippen molar-refractivity contribution in [2.75, 3.05) is 32.1 Å². The van der Waals surface area contributed by atoms with Gasteiger partial charge in [-0.1, -0.05) is 13.8 Å². The van der Waals surface area contributed by atoms with E-state index in [1.165, 1.54) is 0 Å². The molecule has 0 spiro atoms. The van der Waals surface area contributed by atoms with Crippen LogP contribution in [0.15, 0.2) is 18.2 Å². The number of aliphatic hydroxyl groups is 1. The molecule has 1 saturated heterocycles. The van der Waals surface area contributed by atoms with Gasteiger partial charge in [0.1, 0.15) is 5.75 Å². The fraction of sp³-hybridized carbons (Fsp3) is 0.562. The molecule has 1 aromatic carbocycles. The maximum absolute atomic E-state index is 12.3. The third-order valence-electron chi connectivity index (χ3n) is 3.58. The number of piperidine rings is 1. The van der Waals surface area contributed by atoms with Gasteiger partial charge < -0.3 is 20.4 Å². The number of benzene rings is 1. The van der Waals surface area contributed by atoms with Crippen molar-refractivity contribution in [2.45, 2.75) is 26.7 Å². The molecule has 5 heteroatoms. The first kappa shape index (κ1) is 17.3. The van der Waals surface area contributed by atoms with Crippen molar-refractivity contribution < 1.29 is 15.0 Å². The zero-order valence-electron chi connectivity index (χ0n) is 13.1. The van der Waals surface area contributed by atoms with Crippen LogP contribution in [-0.4, -0.2) is 47.8 Å². The summed E-state index contributed by atoms with van der Waals surface area (Å²) in [7, 11) is 1.76. The number of anilines is 1. The molecule has 1 unspecified atom stereocenters. The summed E-state index contributed by atoms with van der Waals surface area (Å²) >= 11 is 0. The minimum absolute atomic E-state index is 0.0111. The van der Waals surface area contributed by atoms with E-state index in [4.69, 9.17) is 0 Å². The summed E-state index contributed by atoms with van der Waals surface area (Å²) in [5.74, 6) is -0.0299. The van der Waals surface area contributed by atoms with Crippen LogP contribution in [0.1, 0.15) is 37.0 Å². The summed E-state index contributed by atoms with van der Waals surface area (Å²) in [4.78, 5) is 14.1. The first-order valence-corrected chi connectivity index (χ1v) is 7.56. The van der Waals surface area contributed by atoms with Gasteiger partial charge in [-0.3, -0.25) is 4.79 Å². The normalized spacial score (nSPS) is 17.7. The molecule has 1 fully saturated rings. The number of phenols is 1. The number of nitrogens with zero attached hydrogens (tertiary/aromatic N) is 1. The Kier molecular flexibility index (Phi) is 7.02. The second-order valence-electron chi connectivity index (χ2n) is 4.92. The van der Waals surface area contributed by atoms with Crippen molar-refractivity contribution in [3.63, 3.8) is 0 Å². The van der Waals surface area contributed by atoms with Crippen LogP contribution in [0.4, 0.5) is 5.69 Å². The second-order valence-corrected chi connectivity index (χ2v) is 4.92. The fourth-order valence-corrected chi connectivity index (χ4v) is 2.44. The molecule has 1 amide bonds. The Balaban J connectivity index is 0.00000106. The highest BCUT2D eigenvalue weighted by molar-refractivity contribution is 5.97. The van der Waals surface area contributed by atoms with Crippen LogP contribution in [-0.2, 0) is 0 Å². The lowest BCUT2D eigenvalue weighted by molar-refractivity contribution is 0.0618. The summed E-state index contributed by atoms with van der Waals surface area (Å²) in [6.45, 7) is 5.35. The van der Waals surface area contributed by atoms with Crippen molar-refractivity contribution in [3.8, 4) is 5.75 Å². The summed E-state index contributed by atoms with van der Waals surface area (Å²) in [5.41, 5.74) is 1.08. The van der Waals surface area contributed by atoms with Gasteiger partial charge in [-0.25, -0.2) is 0 Å². The molecule has 0 radical (unpaired) electrons. The first-order valence-electron chi connectivity index (χ1n) is 7.56. The van der Waals surface area contributed by atoms with Gasteiger partial charge in [0.05, 0.1) is 5.56 Å². The number of likely N-dealkylation sites (tertiary alicyclic amines) is 1. The van der Waals surface area contributed by atoms with Crippen LogP contribution in [0.2, 0.25) is 0 Å². The number of carbonyl (C=O) groups is 1. The second kappa shape index (κ2) is 8.52. The van der Waals surface area contributed by atoms with Crippen molar-refractivity contribution in [2.24, 2.45) is 5.92 Å². The van der Waals surface area contributed by atoms with Crippen LogP contribution < -0.4 is 5.32 Å². The fourth-order valence-electron chi connectivity index (χ4n) is 2.44. The Labute approximate surface area is 126 Å². The van der Waals surface area contributed by atoms with E-state index in [1.54, 1.807) is 30.1 Å². The Morgan fingerprint density at radius 1 is 1.43 bits per heavy atom. The van der Waals surface area contributed by atoms with E-state index in [-0.39, 0.29) is 24.2 Å². The standard InChI is InChI=1S/C14H20N2O3.C2H6/c1-15-11-4-5-12(13(18)7-11)14(19)16-6-2-3-10(8-16)9-17;1-2/h4-5,7,10,15,17-18H,2-3,6,8-9H2,1H3;1-2H3. The Morgan fingerprint density at radius 3 is 2.71 bits per heavy atom. The van der Waals surface area contributed by atoms with Crippen molar-refractivity contribution in [3.05, 3.63) is 23.8 Å². The Morgan fingerprint density at radius 2 is 2.14 bits per heavy atom. The van der Waals surface area contributed by atoms with Crippen molar-refractivity contribution in [1.82, 2.24) is 4.90 Å². The van der Waals surface area contributed by atoms with E-state index in [2.05, 4.69) is 5.32 Å². The zero-order chi connectivity index (χ0) is 15.8. The molecule has 3 N–H and O–H groups in total. The average Bonchev–Trinajstić information content (AvgIpc) is 2.56. The lowest BCUT2D eigenvalue weighted by atomic mass is 9.98. The van der Waals surface area contributed by atoms with E-state index in [0.717, 1.165) is 18.5 Å². The molecule has 0 bridgehead atoms. The summed E-state index contributed by atoms with van der Waals surface area (Å²) < 4.78 is 0. The molecule has 1 atom stereocenters. The van der Waals surface area contributed by atoms with Crippen LogP contribution in [0.5, 0.6) is 5.75 Å². The largest absolute Gasteiger partial charge is 0.507 e. The van der Waals surface area contributed by atoms with Gasteiger partial charge in [-0.2, -0.15) is 0 Å². The van der Waals surface area contributed by atoms with Gasteiger partial charge in [-0.05, 0) is 30.9 Å². The van der Waals surface area contributed by atoms with Crippen molar-refractivity contribution in [1.29, 1.82) is 0 Å². The molecule has 1 aliphatic rings. The molecule has 21 heavy (non-hydrogen) atoms. The monoisotopic (exact) mass is 294 g/mol. The lowest BCUT2D eigenvalue weighted by Gasteiger charge is -2.32. The van der Waals surface area contributed by atoms with Crippen LogP contribution in [0.25, 0.3) is 0 Å². The highest BCUT2D eigenvalue weighted by atomic mass is 16.3. The van der Waals surface area contributed by atoms with Gasteiger partial charge in [0.2, 0.25) is 0 Å². The number of carbonyl (C=O) groups excluding carboxylic acids is 1. The van der Waals surface area contributed by atoms with Crippen LogP contribution in [0.3, 0.4) is 0 Å². The number of nitrogens with one attached hydrogen (secondary N) is 1. The Bertz CT molecular complexity index is 463. The molecule has 0 aromatic heterocycles. The van der Waals surface area contributed by atoms with Crippen LogP contribution >= 0.6 is 0 Å². The van der Waals surface area contributed by atoms with Gasteiger partial charge >= 0.3 is 0 Å². The predicted molar refractivity (Wildman–Crippen MR) is 84.7 cm³/mol. The number of hydrogen-bond donors (Lipinski definition) is 3. The topological polar surface area (TPSA) is 72.8 Å². The third kappa shape index (κ3) is 4.36. The molecule has 1 heterocycles. The number of rotatable bonds is 3. The Hall–Kier alpha value is -1.75. The van der Waals surface area contributed by atoms with E-state index in [0.29, 0.717) is 18.7 Å². The van der Waals surface area contributed by atoms with Gasteiger partial charge in [-0.15, -0.1) is 0 Å². The number of amides is 1. The van der Waals surface area contributed by atoms with E-state index >= 15 is 0 Å². The molecular formula is C16H26N2O3. The molecule has 1 aliphatic heterocycles. The first-order chi connectivity index (χ1) is 10.2. The van der Waals surface area contributed by atoms with Gasteiger partial charge in [0.25, 0.3) is 5.91 Å².